The highest BCUT2D eigenvalue weighted by molar-refractivity contribution is 5.67. The van der Waals surface area contributed by atoms with Crippen molar-refractivity contribution >= 4 is 6.09 Å². The van der Waals surface area contributed by atoms with Crippen molar-refractivity contribution in [2.45, 2.75) is 32.8 Å². The van der Waals surface area contributed by atoms with Crippen molar-refractivity contribution in [3.8, 4) is 0 Å². The minimum atomic E-state index is -0.495. The van der Waals surface area contributed by atoms with Gasteiger partial charge in [-0.25, -0.2) is 15.2 Å². The van der Waals surface area contributed by atoms with E-state index in [0.29, 0.717) is 13.0 Å². The summed E-state index contributed by atoms with van der Waals surface area (Å²) in [6.45, 7) is 5.92. The predicted octanol–water partition coefficient (Wildman–Crippen LogP) is 0.740. The number of amides is 1. The van der Waals surface area contributed by atoms with Crippen LogP contribution in [0.1, 0.15) is 27.2 Å². The Morgan fingerprint density at radius 1 is 1.50 bits per heavy atom. The van der Waals surface area contributed by atoms with Crippen LogP contribution in [0.15, 0.2) is 0 Å². The van der Waals surface area contributed by atoms with Crippen molar-refractivity contribution in [1.82, 2.24) is 10.4 Å². The normalized spacial score (nSPS) is 11.2. The molecule has 1 amide bonds. The summed E-state index contributed by atoms with van der Waals surface area (Å²) < 4.78 is 5.13. The molecule has 0 aromatic carbocycles. The van der Waals surface area contributed by atoms with Crippen LogP contribution in [0.3, 0.4) is 0 Å². The van der Waals surface area contributed by atoms with E-state index in [1.165, 1.54) is 5.01 Å². The maximum Gasteiger partial charge on any atom is 0.424 e. The SMILES string of the molecule is CNN(CCCO)C(=O)OC(C)(C)C. The number of ether oxygens (including phenoxy) is 1. The van der Waals surface area contributed by atoms with Gasteiger partial charge in [0.15, 0.2) is 0 Å². The van der Waals surface area contributed by atoms with Crippen molar-refractivity contribution in [2.75, 3.05) is 20.2 Å². The third kappa shape index (κ3) is 5.77. The average molecular weight is 204 g/mol. The van der Waals surface area contributed by atoms with Crippen molar-refractivity contribution in [2.24, 2.45) is 0 Å². The lowest BCUT2D eigenvalue weighted by molar-refractivity contribution is 0.0149. The smallest absolute Gasteiger partial charge is 0.424 e. The zero-order chi connectivity index (χ0) is 11.2. The van der Waals surface area contributed by atoms with Gasteiger partial charge in [-0.2, -0.15) is 0 Å². The van der Waals surface area contributed by atoms with Gasteiger partial charge in [0.25, 0.3) is 0 Å². The van der Waals surface area contributed by atoms with Crippen LogP contribution in [0, 0.1) is 0 Å². The number of hydrazine groups is 1. The number of hydrogen-bond acceptors (Lipinski definition) is 4. The van der Waals surface area contributed by atoms with E-state index in [1.807, 2.05) is 20.8 Å². The minimum Gasteiger partial charge on any atom is -0.443 e. The Kier molecular flexibility index (Phi) is 5.49. The summed E-state index contributed by atoms with van der Waals surface area (Å²) in [7, 11) is 1.64. The molecule has 5 nitrogen and oxygen atoms in total. The Balaban J connectivity index is 4.04. The highest BCUT2D eigenvalue weighted by Gasteiger charge is 2.20. The molecule has 0 heterocycles. The topological polar surface area (TPSA) is 61.8 Å². The van der Waals surface area contributed by atoms with Gasteiger partial charge in [-0.1, -0.05) is 0 Å². The maximum atomic E-state index is 11.5. The van der Waals surface area contributed by atoms with E-state index in [9.17, 15) is 4.79 Å². The van der Waals surface area contributed by atoms with Crippen molar-refractivity contribution in [1.29, 1.82) is 0 Å². The molecule has 0 unspecified atom stereocenters. The summed E-state index contributed by atoms with van der Waals surface area (Å²) in [6.07, 6.45) is 0.105. The van der Waals surface area contributed by atoms with Crippen LogP contribution in [-0.4, -0.2) is 42.0 Å². The molecule has 0 aliphatic heterocycles. The second-order valence-corrected chi connectivity index (χ2v) is 3.93. The molecule has 84 valence electrons. The third-order valence-electron chi connectivity index (χ3n) is 1.42. The Hall–Kier alpha value is -0.810. The van der Waals surface area contributed by atoms with E-state index in [-0.39, 0.29) is 6.61 Å². The predicted molar refractivity (Wildman–Crippen MR) is 53.7 cm³/mol. The van der Waals surface area contributed by atoms with E-state index >= 15 is 0 Å². The number of carbonyl (C=O) groups is 1. The molecule has 0 aromatic heterocycles. The van der Waals surface area contributed by atoms with Gasteiger partial charge in [0.05, 0.1) is 0 Å². The summed E-state index contributed by atoms with van der Waals surface area (Å²) in [5.74, 6) is 0. The van der Waals surface area contributed by atoms with E-state index < -0.39 is 11.7 Å². The zero-order valence-corrected chi connectivity index (χ0v) is 9.33. The lowest BCUT2D eigenvalue weighted by Crippen LogP contribution is -2.44. The van der Waals surface area contributed by atoms with Crippen LogP contribution >= 0.6 is 0 Å². The van der Waals surface area contributed by atoms with Crippen LogP contribution in [-0.2, 0) is 4.74 Å². The van der Waals surface area contributed by atoms with E-state index in [4.69, 9.17) is 9.84 Å². The number of hydrogen-bond donors (Lipinski definition) is 2. The van der Waals surface area contributed by atoms with E-state index in [0.717, 1.165) is 0 Å². The summed E-state index contributed by atoms with van der Waals surface area (Å²) in [4.78, 5) is 11.5. The minimum absolute atomic E-state index is 0.0565. The fourth-order valence-electron chi connectivity index (χ4n) is 0.840. The first-order valence-electron chi connectivity index (χ1n) is 4.69. The monoisotopic (exact) mass is 204 g/mol. The van der Waals surface area contributed by atoms with Crippen molar-refractivity contribution < 1.29 is 14.6 Å². The van der Waals surface area contributed by atoms with Crippen LogP contribution in [0.4, 0.5) is 4.79 Å². The highest BCUT2D eigenvalue weighted by atomic mass is 16.6. The number of nitrogens with zero attached hydrogens (tertiary/aromatic N) is 1. The van der Waals surface area contributed by atoms with Crippen molar-refractivity contribution in [3.05, 3.63) is 0 Å². The molecule has 2 N–H and O–H groups in total. The molecule has 0 rings (SSSR count). The average Bonchev–Trinajstić information content (AvgIpc) is 2.02. The molecule has 0 spiro atoms. The fourth-order valence-corrected chi connectivity index (χ4v) is 0.840. The molecule has 0 fully saturated rings. The second kappa shape index (κ2) is 5.82. The Morgan fingerprint density at radius 3 is 2.43 bits per heavy atom. The number of nitrogens with one attached hydrogen (secondary N) is 1. The van der Waals surface area contributed by atoms with E-state index in [2.05, 4.69) is 5.43 Å². The summed E-state index contributed by atoms with van der Waals surface area (Å²) in [6, 6.07) is 0. The molecule has 0 aromatic rings. The maximum absolute atomic E-state index is 11.5. The molecule has 0 saturated carbocycles. The van der Waals surface area contributed by atoms with Gasteiger partial charge in [0.1, 0.15) is 5.60 Å². The van der Waals surface area contributed by atoms with Gasteiger partial charge < -0.3 is 9.84 Å². The lowest BCUT2D eigenvalue weighted by Gasteiger charge is -2.26. The largest absolute Gasteiger partial charge is 0.443 e. The van der Waals surface area contributed by atoms with Gasteiger partial charge in [-0.15, -0.1) is 0 Å². The standard InChI is InChI=1S/C9H20N2O3/c1-9(2,3)14-8(13)11(10-4)6-5-7-12/h10,12H,5-7H2,1-4H3. The molecule has 0 aliphatic carbocycles. The molecular weight excluding hydrogens is 184 g/mol. The van der Waals surface area contributed by atoms with Gasteiger partial charge >= 0.3 is 6.09 Å². The molecule has 14 heavy (non-hydrogen) atoms. The van der Waals surface area contributed by atoms with Gasteiger partial charge in [0, 0.05) is 20.2 Å². The van der Waals surface area contributed by atoms with Crippen molar-refractivity contribution in [3.63, 3.8) is 0 Å². The first kappa shape index (κ1) is 13.2. The molecular formula is C9H20N2O3. The Bertz CT molecular complexity index is 177. The summed E-state index contributed by atoms with van der Waals surface area (Å²) in [5.41, 5.74) is 2.21. The van der Waals surface area contributed by atoms with Gasteiger partial charge in [-0.3, -0.25) is 0 Å². The highest BCUT2D eigenvalue weighted by Crippen LogP contribution is 2.08. The van der Waals surface area contributed by atoms with Crippen LogP contribution < -0.4 is 5.43 Å². The molecule has 5 heteroatoms. The second-order valence-electron chi connectivity index (χ2n) is 3.93. The molecule has 0 bridgehead atoms. The summed E-state index contributed by atoms with van der Waals surface area (Å²) >= 11 is 0. The van der Waals surface area contributed by atoms with Crippen LogP contribution in [0.2, 0.25) is 0 Å². The number of aliphatic hydroxyl groups is 1. The molecule has 0 aliphatic rings. The Morgan fingerprint density at radius 2 is 2.07 bits per heavy atom. The first-order chi connectivity index (χ1) is 6.40. The fraction of sp³-hybridized carbons (Fsp3) is 0.889. The quantitative estimate of drug-likeness (QED) is 0.663. The molecule has 0 atom stereocenters. The number of rotatable bonds is 4. The molecule has 0 radical (unpaired) electrons. The summed E-state index contributed by atoms with van der Waals surface area (Å²) in [5, 5.41) is 9.95. The molecule has 0 saturated heterocycles. The third-order valence-corrected chi connectivity index (χ3v) is 1.42. The van der Waals surface area contributed by atoms with Gasteiger partial charge in [-0.05, 0) is 27.2 Å². The van der Waals surface area contributed by atoms with Crippen LogP contribution in [0.25, 0.3) is 0 Å². The van der Waals surface area contributed by atoms with Crippen LogP contribution in [0.5, 0.6) is 0 Å². The Labute approximate surface area is 85.0 Å². The zero-order valence-electron chi connectivity index (χ0n) is 9.33. The number of carbonyl (C=O) groups excluding carboxylic acids is 1. The van der Waals surface area contributed by atoms with E-state index in [1.54, 1.807) is 7.05 Å². The van der Waals surface area contributed by atoms with Gasteiger partial charge in [0.2, 0.25) is 0 Å². The first-order valence-corrected chi connectivity index (χ1v) is 4.69. The lowest BCUT2D eigenvalue weighted by atomic mass is 10.2. The number of aliphatic hydroxyl groups excluding tert-OH is 1.